The SMILES string of the molecule is O=C(OCCCc1ccccc1)N1CC[N]CC1. The molecule has 1 aliphatic rings. The van der Waals surface area contributed by atoms with Crippen molar-refractivity contribution in [2.45, 2.75) is 12.8 Å². The maximum atomic E-state index is 11.7. The summed E-state index contributed by atoms with van der Waals surface area (Å²) in [5.41, 5.74) is 1.28. The van der Waals surface area contributed by atoms with Gasteiger partial charge < -0.3 is 9.64 Å². The van der Waals surface area contributed by atoms with Crippen LogP contribution in [0.25, 0.3) is 0 Å². The summed E-state index contributed by atoms with van der Waals surface area (Å²) in [7, 11) is 0. The fourth-order valence-corrected chi connectivity index (χ4v) is 1.96. The lowest BCUT2D eigenvalue weighted by atomic mass is 10.1. The molecule has 1 aliphatic heterocycles. The van der Waals surface area contributed by atoms with E-state index in [1.54, 1.807) is 4.90 Å². The maximum absolute atomic E-state index is 11.7. The fourth-order valence-electron chi connectivity index (χ4n) is 1.96. The largest absolute Gasteiger partial charge is 0.449 e. The van der Waals surface area contributed by atoms with E-state index in [9.17, 15) is 4.79 Å². The Balaban J connectivity index is 1.61. The number of aryl methyl sites for hydroxylation is 1. The lowest BCUT2D eigenvalue weighted by Gasteiger charge is -2.25. The van der Waals surface area contributed by atoms with E-state index in [1.165, 1.54) is 5.56 Å². The quantitative estimate of drug-likeness (QED) is 0.760. The van der Waals surface area contributed by atoms with Crippen LogP contribution < -0.4 is 5.32 Å². The minimum Gasteiger partial charge on any atom is -0.449 e. The second-order valence-electron chi connectivity index (χ2n) is 4.36. The third-order valence-corrected chi connectivity index (χ3v) is 2.99. The van der Waals surface area contributed by atoms with E-state index in [2.05, 4.69) is 17.4 Å². The van der Waals surface area contributed by atoms with Gasteiger partial charge in [-0.1, -0.05) is 30.3 Å². The van der Waals surface area contributed by atoms with Crippen LogP contribution in [0, 0.1) is 0 Å². The summed E-state index contributed by atoms with van der Waals surface area (Å²) < 4.78 is 5.25. The molecule has 1 saturated heterocycles. The first-order valence-corrected chi connectivity index (χ1v) is 6.45. The second kappa shape index (κ2) is 7.01. The molecule has 1 aromatic carbocycles. The Bertz CT molecular complexity index is 361. The van der Waals surface area contributed by atoms with Gasteiger partial charge in [-0.25, -0.2) is 10.1 Å². The number of piperazine rings is 1. The molecule has 0 N–H and O–H groups in total. The highest BCUT2D eigenvalue weighted by Crippen LogP contribution is 2.03. The molecule has 4 heteroatoms. The van der Waals surface area contributed by atoms with Crippen molar-refractivity contribution in [2.75, 3.05) is 32.8 Å². The van der Waals surface area contributed by atoms with Crippen molar-refractivity contribution >= 4 is 6.09 Å². The highest BCUT2D eigenvalue weighted by atomic mass is 16.6. The van der Waals surface area contributed by atoms with Gasteiger partial charge in [-0.2, -0.15) is 0 Å². The molecular weight excluding hydrogens is 228 g/mol. The lowest BCUT2D eigenvalue weighted by molar-refractivity contribution is 0.0964. The van der Waals surface area contributed by atoms with Crippen molar-refractivity contribution in [2.24, 2.45) is 0 Å². The molecule has 1 aromatic rings. The maximum Gasteiger partial charge on any atom is 0.409 e. The Hall–Kier alpha value is -1.55. The lowest BCUT2D eigenvalue weighted by Crippen LogP contribution is -2.44. The third kappa shape index (κ3) is 4.04. The van der Waals surface area contributed by atoms with E-state index in [0.29, 0.717) is 19.7 Å². The monoisotopic (exact) mass is 247 g/mol. The van der Waals surface area contributed by atoms with E-state index in [1.807, 2.05) is 18.2 Å². The summed E-state index contributed by atoms with van der Waals surface area (Å²) in [5, 5.41) is 4.20. The van der Waals surface area contributed by atoms with Crippen molar-refractivity contribution in [3.05, 3.63) is 35.9 Å². The van der Waals surface area contributed by atoms with Gasteiger partial charge in [-0.3, -0.25) is 0 Å². The molecule has 1 amide bonds. The Morgan fingerprint density at radius 1 is 1.22 bits per heavy atom. The average Bonchev–Trinajstić information content (AvgIpc) is 2.45. The van der Waals surface area contributed by atoms with Crippen LogP contribution >= 0.6 is 0 Å². The topological polar surface area (TPSA) is 43.6 Å². The van der Waals surface area contributed by atoms with Crippen molar-refractivity contribution in [1.82, 2.24) is 10.2 Å². The normalized spacial score (nSPS) is 15.4. The first-order valence-electron chi connectivity index (χ1n) is 6.45. The number of benzene rings is 1. The van der Waals surface area contributed by atoms with E-state index in [0.717, 1.165) is 25.9 Å². The predicted molar refractivity (Wildman–Crippen MR) is 69.6 cm³/mol. The number of carbonyl (C=O) groups is 1. The molecule has 4 nitrogen and oxygen atoms in total. The van der Waals surface area contributed by atoms with Crippen molar-refractivity contribution < 1.29 is 9.53 Å². The zero-order valence-corrected chi connectivity index (χ0v) is 10.5. The highest BCUT2D eigenvalue weighted by Gasteiger charge is 2.17. The average molecular weight is 247 g/mol. The Morgan fingerprint density at radius 3 is 2.67 bits per heavy atom. The number of rotatable bonds is 4. The molecule has 1 radical (unpaired) electrons. The summed E-state index contributed by atoms with van der Waals surface area (Å²) in [5.74, 6) is 0. The highest BCUT2D eigenvalue weighted by molar-refractivity contribution is 5.67. The van der Waals surface area contributed by atoms with Gasteiger partial charge in [0.2, 0.25) is 0 Å². The smallest absolute Gasteiger partial charge is 0.409 e. The van der Waals surface area contributed by atoms with Crippen LogP contribution in [0.4, 0.5) is 4.79 Å². The summed E-state index contributed by atoms with van der Waals surface area (Å²) >= 11 is 0. The van der Waals surface area contributed by atoms with Crippen LogP contribution in [0.3, 0.4) is 0 Å². The molecule has 1 heterocycles. The van der Waals surface area contributed by atoms with E-state index < -0.39 is 0 Å². The van der Waals surface area contributed by atoms with E-state index in [-0.39, 0.29) is 6.09 Å². The van der Waals surface area contributed by atoms with Gasteiger partial charge in [0.05, 0.1) is 6.61 Å². The number of hydrogen-bond acceptors (Lipinski definition) is 2. The Kier molecular flexibility index (Phi) is 5.02. The number of amides is 1. The minimum absolute atomic E-state index is 0.196. The van der Waals surface area contributed by atoms with Gasteiger partial charge in [-0.05, 0) is 18.4 Å². The van der Waals surface area contributed by atoms with Crippen LogP contribution in [0.15, 0.2) is 30.3 Å². The number of ether oxygens (including phenoxy) is 1. The molecule has 0 aliphatic carbocycles. The van der Waals surface area contributed by atoms with Crippen LogP contribution in [0.5, 0.6) is 0 Å². The number of carbonyl (C=O) groups excluding carboxylic acids is 1. The van der Waals surface area contributed by atoms with E-state index >= 15 is 0 Å². The Morgan fingerprint density at radius 2 is 1.94 bits per heavy atom. The first kappa shape index (κ1) is 12.9. The minimum atomic E-state index is -0.196. The summed E-state index contributed by atoms with van der Waals surface area (Å²) in [6.45, 7) is 3.34. The molecule has 18 heavy (non-hydrogen) atoms. The van der Waals surface area contributed by atoms with Crippen LogP contribution in [0.1, 0.15) is 12.0 Å². The van der Waals surface area contributed by atoms with Gasteiger partial charge in [0.15, 0.2) is 0 Å². The molecule has 0 spiro atoms. The van der Waals surface area contributed by atoms with Crippen LogP contribution in [-0.4, -0.2) is 43.8 Å². The van der Waals surface area contributed by atoms with Crippen molar-refractivity contribution in [3.8, 4) is 0 Å². The molecule has 0 atom stereocenters. The van der Waals surface area contributed by atoms with E-state index in [4.69, 9.17) is 4.74 Å². The molecular formula is C14H19N2O2. The third-order valence-electron chi connectivity index (χ3n) is 2.99. The predicted octanol–water partition coefficient (Wildman–Crippen LogP) is 1.68. The summed E-state index contributed by atoms with van der Waals surface area (Å²) in [6, 6.07) is 10.2. The molecule has 1 fully saturated rings. The van der Waals surface area contributed by atoms with Crippen molar-refractivity contribution in [3.63, 3.8) is 0 Å². The Labute approximate surface area is 108 Å². The van der Waals surface area contributed by atoms with Gasteiger partial charge in [0.1, 0.15) is 0 Å². The van der Waals surface area contributed by atoms with Gasteiger partial charge in [0.25, 0.3) is 0 Å². The molecule has 0 bridgehead atoms. The molecule has 2 rings (SSSR count). The van der Waals surface area contributed by atoms with Crippen LogP contribution in [0.2, 0.25) is 0 Å². The zero-order chi connectivity index (χ0) is 12.6. The van der Waals surface area contributed by atoms with Gasteiger partial charge in [-0.15, -0.1) is 0 Å². The summed E-state index contributed by atoms with van der Waals surface area (Å²) in [4.78, 5) is 13.4. The zero-order valence-electron chi connectivity index (χ0n) is 10.5. The number of nitrogens with zero attached hydrogens (tertiary/aromatic N) is 2. The molecule has 0 aromatic heterocycles. The first-order chi connectivity index (χ1) is 8.86. The van der Waals surface area contributed by atoms with Crippen molar-refractivity contribution in [1.29, 1.82) is 0 Å². The molecule has 0 saturated carbocycles. The van der Waals surface area contributed by atoms with Crippen LogP contribution in [-0.2, 0) is 11.2 Å². The van der Waals surface area contributed by atoms with Gasteiger partial charge >= 0.3 is 6.09 Å². The molecule has 97 valence electrons. The standard InChI is InChI=1S/C14H19N2O2/c17-14(16-10-8-15-9-11-16)18-12-4-7-13-5-2-1-3-6-13/h1-3,5-6H,4,7-12H2. The molecule has 0 unspecified atom stereocenters. The fraction of sp³-hybridized carbons (Fsp3) is 0.500. The summed E-state index contributed by atoms with van der Waals surface area (Å²) in [6.07, 6.45) is 1.62. The van der Waals surface area contributed by atoms with Gasteiger partial charge in [0, 0.05) is 26.2 Å². The second-order valence-corrected chi connectivity index (χ2v) is 4.36. The number of hydrogen-bond donors (Lipinski definition) is 0.